The molecule has 8 nitrogen and oxygen atoms in total. The monoisotopic (exact) mass is 412 g/mol. The highest BCUT2D eigenvalue weighted by molar-refractivity contribution is 5.34. The van der Waals surface area contributed by atoms with E-state index in [0.717, 1.165) is 76.7 Å². The summed E-state index contributed by atoms with van der Waals surface area (Å²) < 4.78 is 9.37. The van der Waals surface area contributed by atoms with Gasteiger partial charge in [0.25, 0.3) is 5.56 Å². The molecule has 0 spiro atoms. The van der Waals surface area contributed by atoms with Crippen molar-refractivity contribution >= 4 is 5.95 Å². The second-order valence-corrected chi connectivity index (χ2v) is 9.34. The Morgan fingerprint density at radius 2 is 2.03 bits per heavy atom. The first-order chi connectivity index (χ1) is 14.6. The van der Waals surface area contributed by atoms with Crippen LogP contribution in [0.1, 0.15) is 36.4 Å². The maximum absolute atomic E-state index is 13.3. The van der Waals surface area contributed by atoms with Gasteiger partial charge in [-0.3, -0.25) is 4.79 Å². The first kappa shape index (κ1) is 19.8. The number of anilines is 1. The number of nitrogens with zero attached hydrogens (tertiary/aromatic N) is 6. The molecule has 3 aliphatic heterocycles. The molecule has 0 aliphatic carbocycles. The summed E-state index contributed by atoms with van der Waals surface area (Å²) in [5.74, 6) is 2.44. The van der Waals surface area contributed by atoms with Gasteiger partial charge in [0.15, 0.2) is 0 Å². The maximum Gasteiger partial charge on any atom is 0.255 e. The van der Waals surface area contributed by atoms with Gasteiger partial charge >= 0.3 is 0 Å². The molecule has 2 atom stereocenters. The first-order valence-electron chi connectivity index (χ1n) is 11.2. The fourth-order valence-electron chi connectivity index (χ4n) is 5.58. The second-order valence-electron chi connectivity index (χ2n) is 9.34. The van der Waals surface area contributed by atoms with E-state index in [9.17, 15) is 4.79 Å². The van der Waals surface area contributed by atoms with Gasteiger partial charge in [0.2, 0.25) is 5.95 Å². The number of ether oxygens (including phenoxy) is 1. The van der Waals surface area contributed by atoms with Crippen LogP contribution in [-0.2, 0) is 24.9 Å². The third kappa shape index (κ3) is 3.78. The fraction of sp³-hybridized carbons (Fsp3) is 0.682. The molecule has 2 aromatic rings. The molecule has 2 fully saturated rings. The van der Waals surface area contributed by atoms with Gasteiger partial charge in [0, 0.05) is 70.2 Å². The Hall–Kier alpha value is -2.19. The van der Waals surface area contributed by atoms with E-state index >= 15 is 0 Å². The lowest BCUT2D eigenvalue weighted by molar-refractivity contribution is 0.0549. The Morgan fingerprint density at radius 3 is 2.80 bits per heavy atom. The third-order valence-electron chi connectivity index (χ3n) is 7.00. The van der Waals surface area contributed by atoms with Crippen molar-refractivity contribution in [1.82, 2.24) is 24.2 Å². The molecule has 0 amide bonds. The molecule has 5 rings (SSSR count). The van der Waals surface area contributed by atoms with E-state index < -0.39 is 0 Å². The van der Waals surface area contributed by atoms with Crippen molar-refractivity contribution in [3.8, 4) is 0 Å². The number of rotatable bonds is 5. The standard InChI is InChI=1S/C22H32N6O2/c1-25(10-16-5-7-30-8-6-16)13-18-3-4-20-19-9-17(12-28(20)21(18)29)11-27(14-19)22-23-15-24-26(22)2/h3-4,15-17,19H,5-14H2,1-2H3/t17-,19+/m0/s1. The summed E-state index contributed by atoms with van der Waals surface area (Å²) in [7, 11) is 4.07. The highest BCUT2D eigenvalue weighted by Gasteiger charge is 2.36. The Labute approximate surface area is 177 Å². The highest BCUT2D eigenvalue weighted by atomic mass is 16.5. The predicted molar refractivity (Wildman–Crippen MR) is 115 cm³/mol. The molecule has 0 saturated carbocycles. The lowest BCUT2D eigenvalue weighted by atomic mass is 9.83. The van der Waals surface area contributed by atoms with Crippen molar-refractivity contribution in [1.29, 1.82) is 0 Å². The summed E-state index contributed by atoms with van der Waals surface area (Å²) in [5.41, 5.74) is 2.30. The van der Waals surface area contributed by atoms with Crippen molar-refractivity contribution < 1.29 is 4.74 Å². The van der Waals surface area contributed by atoms with Crippen molar-refractivity contribution in [3.05, 3.63) is 40.1 Å². The summed E-state index contributed by atoms with van der Waals surface area (Å²) in [6.07, 6.45) is 5.01. The van der Waals surface area contributed by atoms with Crippen molar-refractivity contribution in [2.45, 2.75) is 38.3 Å². The summed E-state index contributed by atoms with van der Waals surface area (Å²) in [6, 6.07) is 4.26. The number of pyridine rings is 1. The second kappa shape index (κ2) is 8.15. The van der Waals surface area contributed by atoms with Crippen LogP contribution >= 0.6 is 0 Å². The van der Waals surface area contributed by atoms with E-state index in [-0.39, 0.29) is 5.56 Å². The van der Waals surface area contributed by atoms with Crippen molar-refractivity contribution in [2.24, 2.45) is 18.9 Å². The van der Waals surface area contributed by atoms with Crippen LogP contribution in [0.5, 0.6) is 0 Å². The van der Waals surface area contributed by atoms with Crippen molar-refractivity contribution in [2.75, 3.05) is 44.8 Å². The molecule has 0 aromatic carbocycles. The summed E-state index contributed by atoms with van der Waals surface area (Å²) in [5, 5.41) is 4.22. The molecule has 162 valence electrons. The molecule has 2 aromatic heterocycles. The number of hydrogen-bond acceptors (Lipinski definition) is 6. The fourth-order valence-corrected chi connectivity index (χ4v) is 5.58. The number of aryl methyl sites for hydroxylation is 1. The van der Waals surface area contributed by atoms with E-state index in [1.165, 1.54) is 5.69 Å². The average Bonchev–Trinajstić information content (AvgIpc) is 3.17. The van der Waals surface area contributed by atoms with Gasteiger partial charge in [0.05, 0.1) is 0 Å². The van der Waals surface area contributed by atoms with Crippen LogP contribution in [0.15, 0.2) is 23.3 Å². The van der Waals surface area contributed by atoms with Crippen LogP contribution in [-0.4, -0.2) is 64.1 Å². The molecule has 30 heavy (non-hydrogen) atoms. The van der Waals surface area contributed by atoms with Gasteiger partial charge in [-0.2, -0.15) is 10.1 Å². The minimum absolute atomic E-state index is 0.202. The van der Waals surface area contributed by atoms with Crippen LogP contribution in [0.25, 0.3) is 0 Å². The minimum Gasteiger partial charge on any atom is -0.381 e. The van der Waals surface area contributed by atoms with Gasteiger partial charge < -0.3 is 19.1 Å². The quantitative estimate of drug-likeness (QED) is 0.741. The van der Waals surface area contributed by atoms with E-state index in [1.807, 2.05) is 11.7 Å². The zero-order valence-corrected chi connectivity index (χ0v) is 18.0. The van der Waals surface area contributed by atoms with Gasteiger partial charge in [-0.1, -0.05) is 6.07 Å². The minimum atomic E-state index is 0.202. The van der Waals surface area contributed by atoms with E-state index in [1.54, 1.807) is 6.33 Å². The van der Waals surface area contributed by atoms with E-state index in [2.05, 4.69) is 43.6 Å². The average molecular weight is 413 g/mol. The van der Waals surface area contributed by atoms with Crippen LogP contribution in [0.3, 0.4) is 0 Å². The Kier molecular flexibility index (Phi) is 5.37. The van der Waals surface area contributed by atoms with Gasteiger partial charge in [0.1, 0.15) is 6.33 Å². The molecule has 3 aliphatic rings. The molecule has 0 N–H and O–H groups in total. The Morgan fingerprint density at radius 1 is 1.20 bits per heavy atom. The summed E-state index contributed by atoms with van der Waals surface area (Å²) in [4.78, 5) is 22.4. The largest absolute Gasteiger partial charge is 0.381 e. The lowest BCUT2D eigenvalue weighted by Crippen LogP contribution is -2.48. The van der Waals surface area contributed by atoms with Gasteiger partial charge in [-0.25, -0.2) is 4.68 Å². The molecular formula is C22H32N6O2. The molecular weight excluding hydrogens is 380 g/mol. The predicted octanol–water partition coefficient (Wildman–Crippen LogP) is 1.46. The van der Waals surface area contributed by atoms with Crippen LogP contribution in [0, 0.1) is 11.8 Å². The normalized spacial score (nSPS) is 24.3. The molecule has 8 heteroatoms. The number of aromatic nitrogens is 4. The SMILES string of the molecule is CN(Cc1ccc2n(c1=O)C[C@H]1C[C@@H]2CN(c2ncnn2C)C1)CC1CCOCC1. The van der Waals surface area contributed by atoms with Crippen LogP contribution in [0.2, 0.25) is 0 Å². The number of hydrogen-bond donors (Lipinski definition) is 0. The summed E-state index contributed by atoms with van der Waals surface area (Å²) >= 11 is 0. The Balaban J connectivity index is 1.32. The van der Waals surface area contributed by atoms with Crippen LogP contribution in [0.4, 0.5) is 5.95 Å². The molecule has 2 bridgehead atoms. The zero-order valence-electron chi connectivity index (χ0n) is 18.0. The van der Waals surface area contributed by atoms with E-state index in [0.29, 0.717) is 17.8 Å². The molecule has 5 heterocycles. The number of fused-ring (bicyclic) bond motifs is 4. The zero-order chi connectivity index (χ0) is 20.7. The molecule has 0 radical (unpaired) electrons. The smallest absolute Gasteiger partial charge is 0.255 e. The van der Waals surface area contributed by atoms with E-state index in [4.69, 9.17) is 4.74 Å². The topological polar surface area (TPSA) is 68.4 Å². The number of piperidine rings is 1. The summed E-state index contributed by atoms with van der Waals surface area (Å²) in [6.45, 7) is 6.12. The maximum atomic E-state index is 13.3. The highest BCUT2D eigenvalue weighted by Crippen LogP contribution is 2.36. The van der Waals surface area contributed by atoms with Crippen molar-refractivity contribution in [3.63, 3.8) is 0 Å². The molecule has 2 saturated heterocycles. The first-order valence-corrected chi connectivity index (χ1v) is 11.2. The lowest BCUT2D eigenvalue weighted by Gasteiger charge is -2.43. The van der Waals surface area contributed by atoms with Crippen LogP contribution < -0.4 is 10.5 Å². The third-order valence-corrected chi connectivity index (χ3v) is 7.00. The van der Waals surface area contributed by atoms with Gasteiger partial charge in [-0.15, -0.1) is 0 Å². The molecule has 0 unspecified atom stereocenters. The Bertz CT molecular complexity index is 947. The van der Waals surface area contributed by atoms with Gasteiger partial charge in [-0.05, 0) is 44.2 Å².